The fourth-order valence-electron chi connectivity index (χ4n) is 1.71. The standard InChI is InChI=1S/C12H13Cl2N3O2/c1-6-2-8(14)9(3-7(6)13)17-12(19)10-4-16-11(18)5-15-10/h2-3,10,15H,4-5H2,1H3,(H,16,18)(H,17,19). The molecule has 1 aromatic rings. The Morgan fingerprint density at radius 3 is 2.74 bits per heavy atom. The highest BCUT2D eigenvalue weighted by molar-refractivity contribution is 6.36. The van der Waals surface area contributed by atoms with Crippen molar-refractivity contribution in [1.82, 2.24) is 10.6 Å². The minimum Gasteiger partial charge on any atom is -0.353 e. The molecule has 1 aromatic carbocycles. The maximum Gasteiger partial charge on any atom is 0.243 e. The Hall–Kier alpha value is -1.30. The number of rotatable bonds is 2. The van der Waals surface area contributed by atoms with Gasteiger partial charge in [-0.15, -0.1) is 0 Å². The normalized spacial score (nSPS) is 18.9. The molecule has 1 aliphatic rings. The molecule has 0 radical (unpaired) electrons. The maximum absolute atomic E-state index is 12.0. The number of nitrogens with one attached hydrogen (secondary N) is 3. The summed E-state index contributed by atoms with van der Waals surface area (Å²) >= 11 is 12.0. The largest absolute Gasteiger partial charge is 0.353 e. The molecule has 2 amide bonds. The minimum absolute atomic E-state index is 0.125. The lowest BCUT2D eigenvalue weighted by Gasteiger charge is -2.23. The van der Waals surface area contributed by atoms with Gasteiger partial charge in [0.05, 0.1) is 17.3 Å². The van der Waals surface area contributed by atoms with Crippen LogP contribution in [-0.2, 0) is 9.59 Å². The van der Waals surface area contributed by atoms with Gasteiger partial charge in [0.2, 0.25) is 11.8 Å². The molecule has 0 spiro atoms. The first-order valence-corrected chi connectivity index (χ1v) is 6.49. The summed E-state index contributed by atoms with van der Waals surface area (Å²) in [5.41, 5.74) is 1.30. The van der Waals surface area contributed by atoms with Crippen molar-refractivity contribution < 1.29 is 9.59 Å². The third-order valence-corrected chi connectivity index (χ3v) is 3.55. The number of piperazine rings is 1. The average molecular weight is 302 g/mol. The van der Waals surface area contributed by atoms with Gasteiger partial charge in [-0.3, -0.25) is 14.9 Å². The van der Waals surface area contributed by atoms with Gasteiger partial charge in [0, 0.05) is 11.6 Å². The van der Waals surface area contributed by atoms with E-state index in [9.17, 15) is 9.59 Å². The van der Waals surface area contributed by atoms with Crippen LogP contribution in [0.4, 0.5) is 5.69 Å². The second-order valence-electron chi connectivity index (χ2n) is 4.31. The molecule has 7 heteroatoms. The fourth-order valence-corrected chi connectivity index (χ4v) is 2.14. The topological polar surface area (TPSA) is 70.2 Å². The highest BCUT2D eigenvalue weighted by Crippen LogP contribution is 2.28. The smallest absolute Gasteiger partial charge is 0.243 e. The SMILES string of the molecule is Cc1cc(Cl)c(NC(=O)C2CNC(=O)CN2)cc1Cl. The number of aryl methyl sites for hydroxylation is 1. The lowest BCUT2D eigenvalue weighted by Crippen LogP contribution is -2.56. The minimum atomic E-state index is -0.478. The van der Waals surface area contributed by atoms with Crippen molar-refractivity contribution in [2.75, 3.05) is 18.4 Å². The third-order valence-electron chi connectivity index (χ3n) is 2.84. The summed E-state index contributed by atoms with van der Waals surface area (Å²) in [6.07, 6.45) is 0. The van der Waals surface area contributed by atoms with Gasteiger partial charge in [-0.1, -0.05) is 23.2 Å². The van der Waals surface area contributed by atoms with Gasteiger partial charge in [-0.05, 0) is 24.6 Å². The van der Waals surface area contributed by atoms with Crippen LogP contribution in [0.3, 0.4) is 0 Å². The lowest BCUT2D eigenvalue weighted by molar-refractivity contribution is -0.124. The number of hydrogen-bond donors (Lipinski definition) is 3. The Bertz CT molecular complexity index is 524. The summed E-state index contributed by atoms with van der Waals surface area (Å²) in [7, 11) is 0. The fraction of sp³-hybridized carbons (Fsp3) is 0.333. The number of carbonyl (C=O) groups is 2. The zero-order valence-electron chi connectivity index (χ0n) is 10.2. The van der Waals surface area contributed by atoms with Gasteiger partial charge in [-0.25, -0.2) is 0 Å². The van der Waals surface area contributed by atoms with Crippen molar-refractivity contribution in [2.45, 2.75) is 13.0 Å². The maximum atomic E-state index is 12.0. The Kier molecular flexibility index (Phi) is 4.29. The molecule has 0 aliphatic carbocycles. The van der Waals surface area contributed by atoms with Crippen LogP contribution in [0, 0.1) is 6.92 Å². The molecule has 102 valence electrons. The van der Waals surface area contributed by atoms with Crippen molar-refractivity contribution in [2.24, 2.45) is 0 Å². The van der Waals surface area contributed by atoms with Crippen LogP contribution in [0.25, 0.3) is 0 Å². The van der Waals surface area contributed by atoms with Crippen molar-refractivity contribution in [1.29, 1.82) is 0 Å². The van der Waals surface area contributed by atoms with E-state index in [1.807, 2.05) is 6.92 Å². The van der Waals surface area contributed by atoms with Gasteiger partial charge in [0.25, 0.3) is 0 Å². The van der Waals surface area contributed by atoms with E-state index in [0.29, 0.717) is 15.7 Å². The Balaban J connectivity index is 2.07. The molecule has 1 heterocycles. The first-order chi connectivity index (χ1) is 8.97. The number of amides is 2. The van der Waals surface area contributed by atoms with Crippen LogP contribution in [0.5, 0.6) is 0 Å². The van der Waals surface area contributed by atoms with Crippen LogP contribution in [0.1, 0.15) is 5.56 Å². The molecule has 2 rings (SSSR count). The zero-order valence-corrected chi connectivity index (χ0v) is 11.7. The molecule has 1 saturated heterocycles. The summed E-state index contributed by atoms with van der Waals surface area (Å²) in [5, 5.41) is 9.10. The number of halogens is 2. The van der Waals surface area contributed by atoms with Gasteiger partial charge in [0.15, 0.2) is 0 Å². The van der Waals surface area contributed by atoms with Crippen LogP contribution < -0.4 is 16.0 Å². The van der Waals surface area contributed by atoms with Crippen molar-refractivity contribution in [3.8, 4) is 0 Å². The molecule has 3 N–H and O–H groups in total. The molecule has 1 fully saturated rings. The lowest BCUT2D eigenvalue weighted by atomic mass is 10.2. The molecule has 1 atom stereocenters. The van der Waals surface area contributed by atoms with E-state index in [0.717, 1.165) is 5.56 Å². The number of anilines is 1. The molecule has 19 heavy (non-hydrogen) atoms. The summed E-state index contributed by atoms with van der Waals surface area (Å²) in [6.45, 7) is 2.21. The number of hydrogen-bond acceptors (Lipinski definition) is 3. The van der Waals surface area contributed by atoms with E-state index >= 15 is 0 Å². The van der Waals surface area contributed by atoms with Crippen LogP contribution in [0.15, 0.2) is 12.1 Å². The van der Waals surface area contributed by atoms with Crippen LogP contribution in [-0.4, -0.2) is 30.9 Å². The van der Waals surface area contributed by atoms with Crippen molar-refractivity contribution >= 4 is 40.7 Å². The first-order valence-electron chi connectivity index (χ1n) is 5.74. The first kappa shape index (κ1) is 14.1. The Morgan fingerprint density at radius 1 is 1.37 bits per heavy atom. The molecular weight excluding hydrogens is 289 g/mol. The predicted octanol–water partition coefficient (Wildman–Crippen LogP) is 1.33. The molecule has 5 nitrogen and oxygen atoms in total. The highest BCUT2D eigenvalue weighted by Gasteiger charge is 2.24. The summed E-state index contributed by atoms with van der Waals surface area (Å²) in [5.74, 6) is -0.387. The molecule has 0 bridgehead atoms. The Labute approximate surface area is 120 Å². The highest BCUT2D eigenvalue weighted by atomic mass is 35.5. The van der Waals surface area contributed by atoms with E-state index in [-0.39, 0.29) is 24.9 Å². The molecular formula is C12H13Cl2N3O2. The average Bonchev–Trinajstić information content (AvgIpc) is 2.36. The predicted molar refractivity (Wildman–Crippen MR) is 74.6 cm³/mol. The van der Waals surface area contributed by atoms with Crippen molar-refractivity contribution in [3.63, 3.8) is 0 Å². The van der Waals surface area contributed by atoms with Crippen molar-refractivity contribution in [3.05, 3.63) is 27.7 Å². The third kappa shape index (κ3) is 3.37. The van der Waals surface area contributed by atoms with Crippen LogP contribution >= 0.6 is 23.2 Å². The summed E-state index contributed by atoms with van der Waals surface area (Å²) in [6, 6.07) is 2.82. The molecule has 0 aromatic heterocycles. The zero-order chi connectivity index (χ0) is 14.0. The summed E-state index contributed by atoms with van der Waals surface area (Å²) in [4.78, 5) is 23.0. The number of carbonyl (C=O) groups excluding carboxylic acids is 2. The van der Waals surface area contributed by atoms with Gasteiger partial charge >= 0.3 is 0 Å². The number of benzene rings is 1. The van der Waals surface area contributed by atoms with E-state index in [1.165, 1.54) is 0 Å². The van der Waals surface area contributed by atoms with E-state index in [1.54, 1.807) is 12.1 Å². The monoisotopic (exact) mass is 301 g/mol. The van der Waals surface area contributed by atoms with E-state index in [2.05, 4.69) is 16.0 Å². The van der Waals surface area contributed by atoms with Gasteiger partial charge < -0.3 is 10.6 Å². The summed E-state index contributed by atoms with van der Waals surface area (Å²) < 4.78 is 0. The molecule has 1 aliphatic heterocycles. The van der Waals surface area contributed by atoms with E-state index < -0.39 is 6.04 Å². The quantitative estimate of drug-likeness (QED) is 0.772. The van der Waals surface area contributed by atoms with Crippen LogP contribution in [0.2, 0.25) is 10.0 Å². The van der Waals surface area contributed by atoms with E-state index in [4.69, 9.17) is 23.2 Å². The molecule has 1 unspecified atom stereocenters. The second kappa shape index (κ2) is 5.77. The second-order valence-corrected chi connectivity index (χ2v) is 5.12. The van der Waals surface area contributed by atoms with Gasteiger partial charge in [-0.2, -0.15) is 0 Å². The van der Waals surface area contributed by atoms with Gasteiger partial charge in [0.1, 0.15) is 6.04 Å². The Morgan fingerprint density at radius 2 is 2.11 bits per heavy atom. The molecule has 0 saturated carbocycles.